The van der Waals surface area contributed by atoms with E-state index in [4.69, 9.17) is 0 Å². The Morgan fingerprint density at radius 3 is 0.891 bits per heavy atom. The molecule has 0 aliphatic carbocycles. The first-order chi connectivity index (χ1) is 22.4. The van der Waals surface area contributed by atoms with E-state index in [0.717, 1.165) is 0 Å². The third-order valence-corrected chi connectivity index (χ3v) is 8.06. The van der Waals surface area contributed by atoms with Crippen LogP contribution in [0.25, 0.3) is 11.1 Å². The van der Waals surface area contributed by atoms with Gasteiger partial charge in [-0.25, -0.2) is 0 Å². The predicted octanol–water partition coefficient (Wildman–Crippen LogP) is 7.10. The second-order valence-corrected chi connectivity index (χ2v) is 10.9. The number of carbonyl (C=O) groups is 2. The number of hydrogen-bond acceptors (Lipinski definition) is 4. The number of nitrogens with one attached hydrogen (secondary N) is 2. The van der Waals surface area contributed by atoms with Crippen LogP contribution in [0.3, 0.4) is 0 Å². The number of amides is 2. The molecule has 0 heterocycles. The van der Waals surface area contributed by atoms with E-state index in [2.05, 4.69) is 10.6 Å². The summed E-state index contributed by atoms with van der Waals surface area (Å²) in [7, 11) is 0. The first kappa shape index (κ1) is 30.2. The fraction of sp³-hybridized carbons (Fsp3) is 0.0500. The molecule has 0 saturated heterocycles. The number of carbonyl (C=O) groups excluding carboxylic acids is 2. The van der Waals surface area contributed by atoms with Gasteiger partial charge in [0.2, 0.25) is 0 Å². The molecule has 6 heteroatoms. The van der Waals surface area contributed by atoms with Crippen LogP contribution in [0.4, 0.5) is 11.4 Å². The Hall–Kier alpha value is -5.82. The second kappa shape index (κ2) is 13.0. The van der Waals surface area contributed by atoms with Gasteiger partial charge < -0.3 is 20.8 Å². The summed E-state index contributed by atoms with van der Waals surface area (Å²) >= 11 is 0. The largest absolute Gasteiger partial charge is 0.372 e. The minimum atomic E-state index is -1.98. The lowest BCUT2D eigenvalue weighted by Crippen LogP contribution is -2.41. The van der Waals surface area contributed by atoms with Crippen LogP contribution in [-0.2, 0) is 20.8 Å². The van der Waals surface area contributed by atoms with E-state index in [-0.39, 0.29) is 0 Å². The maximum atomic E-state index is 14.1. The molecule has 6 nitrogen and oxygen atoms in total. The van der Waals surface area contributed by atoms with E-state index in [9.17, 15) is 19.8 Å². The molecule has 226 valence electrons. The van der Waals surface area contributed by atoms with E-state index in [1.165, 1.54) is 0 Å². The van der Waals surface area contributed by atoms with Crippen molar-refractivity contribution in [3.63, 3.8) is 0 Å². The van der Waals surface area contributed by atoms with Crippen LogP contribution >= 0.6 is 0 Å². The SMILES string of the molecule is O=C(Nc1ccccc1-c1ccccc1NC(=O)C(O)(c1ccccc1)c1ccccc1)C(O)(c1ccccc1)c1ccccc1. The minimum absolute atomic E-state index is 0.421. The highest BCUT2D eigenvalue weighted by Gasteiger charge is 2.41. The molecule has 6 aromatic rings. The van der Waals surface area contributed by atoms with E-state index < -0.39 is 23.0 Å². The number of para-hydroxylation sites is 2. The summed E-state index contributed by atoms with van der Waals surface area (Å²) in [6.45, 7) is 0. The molecule has 6 rings (SSSR count). The molecule has 46 heavy (non-hydrogen) atoms. The smallest absolute Gasteiger partial charge is 0.265 e. The number of anilines is 2. The van der Waals surface area contributed by atoms with E-state index in [0.29, 0.717) is 44.8 Å². The number of rotatable bonds is 9. The van der Waals surface area contributed by atoms with Gasteiger partial charge in [-0.2, -0.15) is 0 Å². The Kier molecular flexibility index (Phi) is 8.57. The Morgan fingerprint density at radius 1 is 0.370 bits per heavy atom. The lowest BCUT2D eigenvalue weighted by Gasteiger charge is -2.29. The quantitative estimate of drug-likeness (QED) is 0.141. The second-order valence-electron chi connectivity index (χ2n) is 10.9. The lowest BCUT2D eigenvalue weighted by atomic mass is 9.85. The highest BCUT2D eigenvalue weighted by Crippen LogP contribution is 2.38. The fourth-order valence-corrected chi connectivity index (χ4v) is 5.65. The third-order valence-electron chi connectivity index (χ3n) is 8.06. The van der Waals surface area contributed by atoms with E-state index in [1.807, 2.05) is 48.5 Å². The highest BCUT2D eigenvalue weighted by molar-refractivity contribution is 6.06. The Bertz CT molecular complexity index is 1720. The summed E-state index contributed by atoms with van der Waals surface area (Å²) in [6.07, 6.45) is 0. The molecule has 0 atom stereocenters. The molecule has 0 saturated carbocycles. The monoisotopic (exact) mass is 604 g/mol. The van der Waals surface area contributed by atoms with Crippen molar-refractivity contribution in [2.75, 3.05) is 10.6 Å². The molecule has 2 amide bonds. The van der Waals surface area contributed by atoms with Crippen LogP contribution in [0.15, 0.2) is 170 Å². The molecule has 0 spiro atoms. The Morgan fingerprint density at radius 2 is 0.609 bits per heavy atom. The topological polar surface area (TPSA) is 98.7 Å². The van der Waals surface area contributed by atoms with Crippen LogP contribution in [0, 0.1) is 0 Å². The zero-order valence-corrected chi connectivity index (χ0v) is 24.9. The van der Waals surface area contributed by atoms with Gasteiger partial charge in [0.1, 0.15) is 0 Å². The summed E-state index contributed by atoms with van der Waals surface area (Å²) in [5, 5.41) is 30.0. The van der Waals surface area contributed by atoms with Crippen LogP contribution in [0.1, 0.15) is 22.3 Å². The van der Waals surface area contributed by atoms with Crippen molar-refractivity contribution in [3.05, 3.63) is 192 Å². The first-order valence-corrected chi connectivity index (χ1v) is 14.9. The van der Waals surface area contributed by atoms with Gasteiger partial charge in [0.25, 0.3) is 11.8 Å². The van der Waals surface area contributed by atoms with Crippen molar-refractivity contribution in [1.82, 2.24) is 0 Å². The molecular formula is C40H32N2O4. The summed E-state index contributed by atoms with van der Waals surface area (Å²) in [6, 6.07) is 49.5. The van der Waals surface area contributed by atoms with Crippen LogP contribution < -0.4 is 10.6 Å². The van der Waals surface area contributed by atoms with Gasteiger partial charge in [-0.1, -0.05) is 158 Å². The molecule has 0 bridgehead atoms. The van der Waals surface area contributed by atoms with Crippen molar-refractivity contribution in [2.45, 2.75) is 11.2 Å². The summed E-state index contributed by atoms with van der Waals surface area (Å²) in [5.74, 6) is -1.28. The predicted molar refractivity (Wildman–Crippen MR) is 181 cm³/mol. The Balaban J connectivity index is 1.37. The summed E-state index contributed by atoms with van der Waals surface area (Å²) in [5.41, 5.74) is -0.195. The van der Waals surface area contributed by atoms with Crippen molar-refractivity contribution >= 4 is 23.2 Å². The van der Waals surface area contributed by atoms with Crippen LogP contribution in [0.2, 0.25) is 0 Å². The molecule has 0 unspecified atom stereocenters. The minimum Gasteiger partial charge on any atom is -0.372 e. The Labute approximate surface area is 267 Å². The third kappa shape index (κ3) is 5.71. The van der Waals surface area contributed by atoms with Crippen LogP contribution in [-0.4, -0.2) is 22.0 Å². The zero-order chi connectivity index (χ0) is 32.0. The van der Waals surface area contributed by atoms with Gasteiger partial charge in [0, 0.05) is 22.5 Å². The van der Waals surface area contributed by atoms with Gasteiger partial charge in [-0.3, -0.25) is 9.59 Å². The van der Waals surface area contributed by atoms with Gasteiger partial charge >= 0.3 is 0 Å². The van der Waals surface area contributed by atoms with Gasteiger partial charge in [-0.15, -0.1) is 0 Å². The normalized spacial score (nSPS) is 11.4. The van der Waals surface area contributed by atoms with Crippen molar-refractivity contribution < 1.29 is 19.8 Å². The maximum absolute atomic E-state index is 14.1. The molecule has 0 aromatic heterocycles. The van der Waals surface area contributed by atoms with E-state index >= 15 is 0 Å². The molecule has 0 aliphatic rings. The zero-order valence-electron chi connectivity index (χ0n) is 24.9. The van der Waals surface area contributed by atoms with Crippen LogP contribution in [0.5, 0.6) is 0 Å². The standard InChI is InChI=1S/C40H32N2O4/c43-37(39(45,29-17-5-1-6-18-29)30-19-7-2-8-20-30)41-35-27-15-13-25-33(35)34-26-14-16-28-36(34)42-38(44)40(46,31-21-9-3-10-22-31)32-23-11-4-12-24-32/h1-28,45-46H,(H,41,43)(H,42,44). The van der Waals surface area contributed by atoms with Gasteiger partial charge in [-0.05, 0) is 34.4 Å². The average molecular weight is 605 g/mol. The molecule has 0 radical (unpaired) electrons. The highest BCUT2D eigenvalue weighted by atomic mass is 16.3. The molecule has 0 aliphatic heterocycles. The first-order valence-electron chi connectivity index (χ1n) is 14.9. The van der Waals surface area contributed by atoms with Crippen molar-refractivity contribution in [2.24, 2.45) is 0 Å². The summed E-state index contributed by atoms with van der Waals surface area (Å²) in [4.78, 5) is 28.1. The van der Waals surface area contributed by atoms with Crippen molar-refractivity contribution in [1.29, 1.82) is 0 Å². The molecular weight excluding hydrogens is 572 g/mol. The van der Waals surface area contributed by atoms with E-state index in [1.54, 1.807) is 121 Å². The number of hydrogen-bond donors (Lipinski definition) is 4. The fourth-order valence-electron chi connectivity index (χ4n) is 5.65. The average Bonchev–Trinajstić information content (AvgIpc) is 3.13. The maximum Gasteiger partial charge on any atom is 0.265 e. The molecule has 0 fully saturated rings. The molecule has 4 N–H and O–H groups in total. The number of aliphatic hydroxyl groups is 2. The summed E-state index contributed by atoms with van der Waals surface area (Å²) < 4.78 is 0. The van der Waals surface area contributed by atoms with Crippen molar-refractivity contribution in [3.8, 4) is 11.1 Å². The van der Waals surface area contributed by atoms with Gasteiger partial charge in [0.15, 0.2) is 11.2 Å². The van der Waals surface area contributed by atoms with Gasteiger partial charge in [0.05, 0.1) is 0 Å². The number of benzene rings is 6. The molecule has 6 aromatic carbocycles. The lowest BCUT2D eigenvalue weighted by molar-refractivity contribution is -0.131.